The second-order valence-corrected chi connectivity index (χ2v) is 6.93. The molecule has 2 unspecified atom stereocenters. The lowest BCUT2D eigenvalue weighted by Gasteiger charge is -2.29. The van der Waals surface area contributed by atoms with Crippen molar-refractivity contribution in [2.75, 3.05) is 13.2 Å². The standard InChI is InChI=1S/C18H23NO2/c20-12-14-7-4-10-19(14)17(21)16-11-18(16)9-3-6-13-5-1-2-8-15(13)18/h1-2,5,8,14,16,20H,3-4,6-7,9-12H2/t14-,16?,18?/m1/s1. The predicted octanol–water partition coefficient (Wildman–Crippen LogP) is 2.26. The van der Waals surface area contributed by atoms with Gasteiger partial charge in [-0.05, 0) is 49.7 Å². The third-order valence-corrected chi connectivity index (χ3v) is 5.87. The van der Waals surface area contributed by atoms with E-state index in [9.17, 15) is 9.90 Å². The van der Waals surface area contributed by atoms with Crippen LogP contribution in [-0.2, 0) is 16.6 Å². The van der Waals surface area contributed by atoms with Gasteiger partial charge in [0.1, 0.15) is 0 Å². The Morgan fingerprint density at radius 3 is 3.05 bits per heavy atom. The summed E-state index contributed by atoms with van der Waals surface area (Å²) in [5.41, 5.74) is 2.99. The Labute approximate surface area is 126 Å². The third kappa shape index (κ3) is 1.94. The number of aliphatic hydroxyl groups is 1. The minimum absolute atomic E-state index is 0.0639. The molecule has 0 bridgehead atoms. The molecule has 21 heavy (non-hydrogen) atoms. The van der Waals surface area contributed by atoms with Gasteiger partial charge in [0.15, 0.2) is 0 Å². The molecule has 1 N–H and O–H groups in total. The minimum Gasteiger partial charge on any atom is -0.394 e. The number of hydrogen-bond donors (Lipinski definition) is 1. The maximum absolute atomic E-state index is 12.9. The van der Waals surface area contributed by atoms with Crippen LogP contribution in [0.5, 0.6) is 0 Å². The highest BCUT2D eigenvalue weighted by molar-refractivity contribution is 5.85. The maximum Gasteiger partial charge on any atom is 0.226 e. The van der Waals surface area contributed by atoms with Crippen LogP contribution >= 0.6 is 0 Å². The predicted molar refractivity (Wildman–Crippen MR) is 81.0 cm³/mol. The molecule has 112 valence electrons. The first-order valence-corrected chi connectivity index (χ1v) is 8.26. The van der Waals surface area contributed by atoms with Crippen LogP contribution in [0, 0.1) is 5.92 Å². The quantitative estimate of drug-likeness (QED) is 0.905. The number of aryl methyl sites for hydroxylation is 1. The Morgan fingerprint density at radius 2 is 2.19 bits per heavy atom. The second-order valence-electron chi connectivity index (χ2n) is 6.93. The molecule has 1 heterocycles. The van der Waals surface area contributed by atoms with Crippen LogP contribution in [0.1, 0.15) is 43.2 Å². The van der Waals surface area contributed by atoms with E-state index < -0.39 is 0 Å². The summed E-state index contributed by atoms with van der Waals surface area (Å²) in [6.45, 7) is 0.945. The zero-order chi connectivity index (χ0) is 14.4. The molecule has 3 nitrogen and oxygen atoms in total. The summed E-state index contributed by atoms with van der Waals surface area (Å²) >= 11 is 0. The maximum atomic E-state index is 12.9. The van der Waals surface area contributed by atoms with Gasteiger partial charge in [-0.15, -0.1) is 0 Å². The number of aliphatic hydroxyl groups excluding tert-OH is 1. The molecule has 1 aromatic rings. The van der Waals surface area contributed by atoms with Crippen LogP contribution in [0.2, 0.25) is 0 Å². The first kappa shape index (κ1) is 13.3. The molecule has 3 heteroatoms. The van der Waals surface area contributed by atoms with Gasteiger partial charge >= 0.3 is 0 Å². The van der Waals surface area contributed by atoms with Crippen LogP contribution in [0.4, 0.5) is 0 Å². The number of hydrogen-bond acceptors (Lipinski definition) is 2. The van der Waals surface area contributed by atoms with Crippen molar-refractivity contribution < 1.29 is 9.90 Å². The lowest BCUT2D eigenvalue weighted by molar-refractivity contribution is -0.134. The highest BCUT2D eigenvalue weighted by Crippen LogP contribution is 2.61. The number of carbonyl (C=O) groups is 1. The van der Waals surface area contributed by atoms with Crippen LogP contribution in [0.3, 0.4) is 0 Å². The van der Waals surface area contributed by atoms with Gasteiger partial charge in [0.2, 0.25) is 5.91 Å². The molecule has 1 saturated heterocycles. The highest BCUT2D eigenvalue weighted by atomic mass is 16.3. The molecular weight excluding hydrogens is 262 g/mol. The van der Waals surface area contributed by atoms with E-state index in [-0.39, 0.29) is 24.0 Å². The zero-order valence-corrected chi connectivity index (χ0v) is 12.4. The number of nitrogens with zero attached hydrogens (tertiary/aromatic N) is 1. The van der Waals surface area contributed by atoms with Gasteiger partial charge in [0.25, 0.3) is 0 Å². The van der Waals surface area contributed by atoms with Crippen LogP contribution in [-0.4, -0.2) is 35.1 Å². The summed E-state index contributed by atoms with van der Waals surface area (Å²) in [6.07, 6.45) is 6.51. The van der Waals surface area contributed by atoms with Crippen molar-refractivity contribution in [2.24, 2.45) is 5.92 Å². The first-order chi connectivity index (χ1) is 10.3. The Kier molecular flexibility index (Phi) is 3.07. The van der Waals surface area contributed by atoms with Crippen molar-refractivity contribution >= 4 is 5.91 Å². The Morgan fingerprint density at radius 1 is 1.33 bits per heavy atom. The molecular formula is C18H23NO2. The summed E-state index contributed by atoms with van der Waals surface area (Å²) in [5.74, 6) is 0.453. The minimum atomic E-state index is 0.0639. The van der Waals surface area contributed by atoms with E-state index in [1.807, 2.05) is 4.90 Å². The second kappa shape index (κ2) is 4.84. The molecule has 3 atom stereocenters. The molecule has 1 saturated carbocycles. The van der Waals surface area contributed by atoms with Crippen molar-refractivity contribution in [3.8, 4) is 0 Å². The van der Waals surface area contributed by atoms with E-state index in [2.05, 4.69) is 24.3 Å². The largest absolute Gasteiger partial charge is 0.394 e. The fraction of sp³-hybridized carbons (Fsp3) is 0.611. The molecule has 4 rings (SSSR count). The number of benzene rings is 1. The summed E-state index contributed by atoms with van der Waals surface area (Å²) < 4.78 is 0. The van der Waals surface area contributed by atoms with Gasteiger partial charge in [-0.25, -0.2) is 0 Å². The normalized spacial score (nSPS) is 34.0. The van der Waals surface area contributed by atoms with Crippen molar-refractivity contribution in [3.05, 3.63) is 35.4 Å². The van der Waals surface area contributed by atoms with Gasteiger partial charge in [-0.3, -0.25) is 4.79 Å². The van der Waals surface area contributed by atoms with Crippen LogP contribution in [0.15, 0.2) is 24.3 Å². The number of likely N-dealkylation sites (tertiary alicyclic amines) is 1. The van der Waals surface area contributed by atoms with Crippen molar-refractivity contribution in [1.29, 1.82) is 0 Å². The zero-order valence-electron chi connectivity index (χ0n) is 12.4. The number of carbonyl (C=O) groups excluding carboxylic acids is 1. The lowest BCUT2D eigenvalue weighted by Crippen LogP contribution is -2.40. The fourth-order valence-electron chi connectivity index (χ4n) is 4.67. The monoisotopic (exact) mass is 285 g/mol. The average molecular weight is 285 g/mol. The van der Waals surface area contributed by atoms with E-state index in [0.29, 0.717) is 5.91 Å². The van der Waals surface area contributed by atoms with E-state index in [1.54, 1.807) is 0 Å². The number of rotatable bonds is 2. The average Bonchev–Trinajstić information content (AvgIpc) is 3.03. The third-order valence-electron chi connectivity index (χ3n) is 5.87. The van der Waals surface area contributed by atoms with Gasteiger partial charge in [-0.1, -0.05) is 24.3 Å². The van der Waals surface area contributed by atoms with Crippen LogP contribution < -0.4 is 0 Å². The molecule has 2 fully saturated rings. The number of fused-ring (bicyclic) bond motifs is 2. The van der Waals surface area contributed by atoms with Crippen molar-refractivity contribution in [1.82, 2.24) is 4.90 Å². The molecule has 0 aromatic heterocycles. The SMILES string of the molecule is O=C(C1CC12CCCc1ccccc12)N1CCC[C@@H]1CO. The molecule has 1 spiro atoms. The van der Waals surface area contributed by atoms with Gasteiger partial charge in [0.05, 0.1) is 12.6 Å². The lowest BCUT2D eigenvalue weighted by atomic mass is 9.78. The number of amides is 1. The summed E-state index contributed by atoms with van der Waals surface area (Å²) in [5, 5.41) is 9.45. The Hall–Kier alpha value is -1.35. The topological polar surface area (TPSA) is 40.5 Å². The van der Waals surface area contributed by atoms with Crippen LogP contribution in [0.25, 0.3) is 0 Å². The Bertz CT molecular complexity index is 570. The smallest absolute Gasteiger partial charge is 0.226 e. The van der Waals surface area contributed by atoms with Crippen molar-refractivity contribution in [3.63, 3.8) is 0 Å². The van der Waals surface area contributed by atoms with E-state index in [1.165, 1.54) is 17.5 Å². The van der Waals surface area contributed by atoms with Crippen molar-refractivity contribution in [2.45, 2.75) is 50.0 Å². The van der Waals surface area contributed by atoms with Gasteiger partial charge < -0.3 is 10.0 Å². The molecule has 1 aliphatic heterocycles. The molecule has 0 radical (unpaired) electrons. The molecule has 1 aromatic carbocycles. The van der Waals surface area contributed by atoms with E-state index in [4.69, 9.17) is 0 Å². The molecule has 2 aliphatic carbocycles. The highest BCUT2D eigenvalue weighted by Gasteiger charge is 2.61. The molecule has 3 aliphatic rings. The van der Waals surface area contributed by atoms with Gasteiger partial charge in [0, 0.05) is 17.9 Å². The summed E-state index contributed by atoms with van der Waals surface area (Å²) in [6, 6.07) is 8.74. The van der Waals surface area contributed by atoms with E-state index in [0.717, 1.165) is 38.6 Å². The molecule has 1 amide bonds. The van der Waals surface area contributed by atoms with Gasteiger partial charge in [-0.2, -0.15) is 0 Å². The summed E-state index contributed by atoms with van der Waals surface area (Å²) in [7, 11) is 0. The first-order valence-electron chi connectivity index (χ1n) is 8.26. The van der Waals surface area contributed by atoms with E-state index >= 15 is 0 Å². The fourth-order valence-corrected chi connectivity index (χ4v) is 4.67. The summed E-state index contributed by atoms with van der Waals surface area (Å²) in [4.78, 5) is 14.8. The Balaban J connectivity index is 1.59.